The molecule has 3 atom stereocenters. The van der Waals surface area contributed by atoms with Crippen molar-refractivity contribution in [3.8, 4) is 5.75 Å². The number of likely N-dealkylation sites (tertiary alicyclic amines) is 1. The van der Waals surface area contributed by atoms with Crippen molar-refractivity contribution >= 4 is 15.9 Å². The molecule has 1 aromatic carbocycles. The summed E-state index contributed by atoms with van der Waals surface area (Å²) in [7, 11) is 0. The molecule has 4 nitrogen and oxygen atoms in total. The molecule has 5 heteroatoms. The Labute approximate surface area is 147 Å². The molecule has 0 radical (unpaired) electrons. The maximum absolute atomic E-state index is 10.1. The minimum atomic E-state index is -0.434. The fourth-order valence-corrected chi connectivity index (χ4v) is 3.68. The molecule has 0 aliphatic carbocycles. The number of halogens is 1. The highest BCUT2D eigenvalue weighted by molar-refractivity contribution is 9.10. The third kappa shape index (κ3) is 6.79. The van der Waals surface area contributed by atoms with Gasteiger partial charge in [-0.25, -0.2) is 0 Å². The molecule has 0 aromatic heterocycles. The fraction of sp³-hybridized carbons (Fsp3) is 0.667. The van der Waals surface area contributed by atoms with Gasteiger partial charge in [-0.15, -0.1) is 0 Å². The molecule has 1 aromatic rings. The maximum Gasteiger partial charge on any atom is 0.133 e. The number of rotatable bonds is 8. The lowest BCUT2D eigenvalue weighted by Crippen LogP contribution is -2.43. The summed E-state index contributed by atoms with van der Waals surface area (Å²) in [6.45, 7) is 8.73. The van der Waals surface area contributed by atoms with Crippen molar-refractivity contribution in [2.75, 3.05) is 39.5 Å². The van der Waals surface area contributed by atoms with Crippen LogP contribution in [0.3, 0.4) is 0 Å². The topological polar surface area (TPSA) is 41.9 Å². The first-order valence-electron chi connectivity index (χ1n) is 8.40. The van der Waals surface area contributed by atoms with Crippen molar-refractivity contribution in [3.05, 3.63) is 28.7 Å². The smallest absolute Gasteiger partial charge is 0.133 e. The van der Waals surface area contributed by atoms with E-state index in [1.807, 2.05) is 24.3 Å². The van der Waals surface area contributed by atoms with E-state index in [0.29, 0.717) is 38.2 Å². The van der Waals surface area contributed by atoms with E-state index < -0.39 is 6.10 Å². The van der Waals surface area contributed by atoms with E-state index in [1.54, 1.807) is 0 Å². The van der Waals surface area contributed by atoms with Crippen LogP contribution >= 0.6 is 15.9 Å². The minimum Gasteiger partial charge on any atom is -0.490 e. The molecule has 1 fully saturated rings. The third-order valence-electron chi connectivity index (χ3n) is 4.05. The maximum atomic E-state index is 10.1. The van der Waals surface area contributed by atoms with Crippen LogP contribution < -0.4 is 4.74 Å². The largest absolute Gasteiger partial charge is 0.490 e. The van der Waals surface area contributed by atoms with E-state index in [-0.39, 0.29) is 0 Å². The van der Waals surface area contributed by atoms with Crippen LogP contribution in [0.15, 0.2) is 28.7 Å². The molecule has 130 valence electrons. The summed E-state index contributed by atoms with van der Waals surface area (Å²) in [6.07, 6.45) is 0.853. The van der Waals surface area contributed by atoms with Crippen molar-refractivity contribution in [1.82, 2.24) is 4.90 Å². The Morgan fingerprint density at radius 1 is 1.22 bits per heavy atom. The second kappa shape index (κ2) is 9.62. The standard InChI is InChI=1S/C18H28BrNO3/c1-14-9-15(2)11-20(10-14)12-16(21)13-22-7-8-23-18-6-4-3-5-17(18)19/h3-6,14-16,21H,7-13H2,1-2H3/t14-,15-,16+/m1/s1. The quantitative estimate of drug-likeness (QED) is 0.697. The zero-order valence-electron chi connectivity index (χ0n) is 14.1. The highest BCUT2D eigenvalue weighted by Crippen LogP contribution is 2.23. The molecule has 1 aliphatic heterocycles. The van der Waals surface area contributed by atoms with Gasteiger partial charge in [0.05, 0.1) is 23.8 Å². The summed E-state index contributed by atoms with van der Waals surface area (Å²) in [5, 5.41) is 10.1. The monoisotopic (exact) mass is 385 g/mol. The first-order chi connectivity index (χ1) is 11.0. The molecule has 0 spiro atoms. The van der Waals surface area contributed by atoms with Crippen molar-refractivity contribution in [3.63, 3.8) is 0 Å². The van der Waals surface area contributed by atoms with Gasteiger partial charge >= 0.3 is 0 Å². The van der Waals surface area contributed by atoms with Crippen molar-refractivity contribution < 1.29 is 14.6 Å². The Morgan fingerprint density at radius 2 is 1.91 bits per heavy atom. The van der Waals surface area contributed by atoms with Gasteiger partial charge in [0.15, 0.2) is 0 Å². The van der Waals surface area contributed by atoms with Crippen molar-refractivity contribution in [2.45, 2.75) is 26.4 Å². The van der Waals surface area contributed by atoms with E-state index in [4.69, 9.17) is 9.47 Å². The summed E-state index contributed by atoms with van der Waals surface area (Å²) >= 11 is 3.44. The lowest BCUT2D eigenvalue weighted by Gasteiger charge is -2.35. The van der Waals surface area contributed by atoms with Gasteiger partial charge in [-0.1, -0.05) is 26.0 Å². The molecular formula is C18H28BrNO3. The highest BCUT2D eigenvalue weighted by Gasteiger charge is 2.23. The SMILES string of the molecule is C[C@@H]1C[C@@H](C)CN(C[C@H](O)COCCOc2ccccc2Br)C1. The Morgan fingerprint density at radius 3 is 2.61 bits per heavy atom. The zero-order valence-corrected chi connectivity index (χ0v) is 15.7. The van der Waals surface area contributed by atoms with E-state index in [9.17, 15) is 5.11 Å². The second-order valence-corrected chi connectivity index (χ2v) is 7.53. The van der Waals surface area contributed by atoms with Crippen molar-refractivity contribution in [2.24, 2.45) is 11.8 Å². The van der Waals surface area contributed by atoms with Gasteiger partial charge in [-0.05, 0) is 46.3 Å². The summed E-state index contributed by atoms with van der Waals surface area (Å²) in [5.74, 6) is 2.24. The molecule has 1 N–H and O–H groups in total. The van der Waals surface area contributed by atoms with Gasteiger partial charge < -0.3 is 19.5 Å². The van der Waals surface area contributed by atoms with Crippen molar-refractivity contribution in [1.29, 1.82) is 0 Å². The Kier molecular flexibility index (Phi) is 7.83. The minimum absolute atomic E-state index is 0.360. The second-order valence-electron chi connectivity index (χ2n) is 6.67. The van der Waals surface area contributed by atoms with Gasteiger partial charge in [-0.2, -0.15) is 0 Å². The first-order valence-corrected chi connectivity index (χ1v) is 9.19. The van der Waals surface area contributed by atoms with Crippen LogP contribution in [0.2, 0.25) is 0 Å². The Balaban J connectivity index is 1.58. The Hall–Kier alpha value is -0.620. The van der Waals surface area contributed by atoms with E-state index in [0.717, 1.165) is 23.3 Å². The van der Waals surface area contributed by atoms with Gasteiger partial charge in [0.2, 0.25) is 0 Å². The summed E-state index contributed by atoms with van der Waals surface area (Å²) in [6, 6.07) is 7.75. The number of hydrogen-bond acceptors (Lipinski definition) is 4. The zero-order chi connectivity index (χ0) is 16.7. The molecule has 1 heterocycles. The Bertz CT molecular complexity index is 461. The van der Waals surface area contributed by atoms with E-state index >= 15 is 0 Å². The summed E-state index contributed by atoms with van der Waals surface area (Å²) in [4.78, 5) is 2.35. The summed E-state index contributed by atoms with van der Waals surface area (Å²) < 4.78 is 12.1. The lowest BCUT2D eigenvalue weighted by atomic mass is 9.92. The van der Waals surface area contributed by atoms with E-state index in [2.05, 4.69) is 34.7 Å². The molecule has 2 rings (SSSR count). The molecule has 0 unspecified atom stereocenters. The fourth-order valence-electron chi connectivity index (χ4n) is 3.28. The average Bonchev–Trinajstić information content (AvgIpc) is 2.47. The number of β-amino-alcohol motifs (C(OH)–C–C–N with tert-alkyl or cyclic N) is 1. The van der Waals surface area contributed by atoms with Gasteiger partial charge in [0.25, 0.3) is 0 Å². The van der Waals surface area contributed by atoms with Gasteiger partial charge in [0, 0.05) is 19.6 Å². The molecule has 1 saturated heterocycles. The molecule has 0 amide bonds. The number of piperidine rings is 1. The number of hydrogen-bond donors (Lipinski definition) is 1. The van der Waals surface area contributed by atoms with Crippen LogP contribution in [0.5, 0.6) is 5.75 Å². The molecule has 0 bridgehead atoms. The number of ether oxygens (including phenoxy) is 2. The van der Waals surface area contributed by atoms with Crippen LogP contribution in [0.1, 0.15) is 20.3 Å². The van der Waals surface area contributed by atoms with Crippen LogP contribution in [-0.4, -0.2) is 55.6 Å². The molecule has 1 aliphatic rings. The number of aliphatic hydroxyl groups is 1. The predicted molar refractivity (Wildman–Crippen MR) is 95.8 cm³/mol. The molecule has 0 saturated carbocycles. The lowest BCUT2D eigenvalue weighted by molar-refractivity contribution is -0.00215. The van der Waals surface area contributed by atoms with Gasteiger partial charge in [-0.3, -0.25) is 0 Å². The third-order valence-corrected chi connectivity index (χ3v) is 4.70. The van der Waals surface area contributed by atoms with Crippen LogP contribution in [0.4, 0.5) is 0 Å². The molecule has 23 heavy (non-hydrogen) atoms. The van der Waals surface area contributed by atoms with Crippen LogP contribution in [-0.2, 0) is 4.74 Å². The van der Waals surface area contributed by atoms with E-state index in [1.165, 1.54) is 6.42 Å². The normalized spacial score (nSPS) is 23.7. The van der Waals surface area contributed by atoms with Gasteiger partial charge in [0.1, 0.15) is 12.4 Å². The number of benzene rings is 1. The summed E-state index contributed by atoms with van der Waals surface area (Å²) in [5.41, 5.74) is 0. The molecular weight excluding hydrogens is 358 g/mol. The van der Waals surface area contributed by atoms with Crippen LogP contribution in [0, 0.1) is 11.8 Å². The average molecular weight is 386 g/mol. The predicted octanol–water partition coefficient (Wildman–Crippen LogP) is 3.18. The first kappa shape index (κ1) is 18.7. The van der Waals surface area contributed by atoms with Crippen LogP contribution in [0.25, 0.3) is 0 Å². The highest BCUT2D eigenvalue weighted by atomic mass is 79.9. The number of aliphatic hydroxyl groups excluding tert-OH is 1. The number of nitrogens with zero attached hydrogens (tertiary/aromatic N) is 1. The number of para-hydroxylation sites is 1.